The SMILES string of the molecule is c1ccc2[nH]c(-n3nc([C@H]4CCOC4)nc3-c3ccoc3)nc2c1. The molecule has 7 heteroatoms. The molecule has 1 atom stereocenters. The summed E-state index contributed by atoms with van der Waals surface area (Å²) in [7, 11) is 0. The van der Waals surface area contributed by atoms with Gasteiger partial charge in [0.25, 0.3) is 0 Å². The van der Waals surface area contributed by atoms with E-state index in [9.17, 15) is 0 Å². The second-order valence-corrected chi connectivity index (χ2v) is 5.86. The van der Waals surface area contributed by atoms with Crippen LogP contribution in [0.5, 0.6) is 0 Å². The van der Waals surface area contributed by atoms with E-state index in [1.807, 2.05) is 30.3 Å². The lowest BCUT2D eigenvalue weighted by atomic mass is 10.1. The Bertz CT molecular complexity index is 947. The molecule has 1 aromatic carbocycles. The van der Waals surface area contributed by atoms with Crippen LogP contribution in [-0.4, -0.2) is 37.9 Å². The molecule has 3 aromatic heterocycles. The predicted octanol–water partition coefficient (Wildman–Crippen LogP) is 2.91. The third-order valence-electron chi connectivity index (χ3n) is 4.28. The number of hydrogen-bond acceptors (Lipinski definition) is 5. The highest BCUT2D eigenvalue weighted by atomic mass is 16.5. The highest BCUT2D eigenvalue weighted by Gasteiger charge is 2.25. The predicted molar refractivity (Wildman–Crippen MR) is 86.9 cm³/mol. The standard InChI is InChI=1S/C17H15N5O2/c1-2-4-14-13(3-1)18-17(19-14)22-16(12-6-8-24-10-12)20-15(21-22)11-5-7-23-9-11/h1-4,6,8,10-11H,5,7,9H2,(H,18,19)/t11-/m0/s1. The maximum Gasteiger partial charge on any atom is 0.231 e. The van der Waals surface area contributed by atoms with Gasteiger partial charge in [0.2, 0.25) is 5.95 Å². The van der Waals surface area contributed by atoms with Gasteiger partial charge in [-0.2, -0.15) is 4.68 Å². The van der Waals surface area contributed by atoms with E-state index in [-0.39, 0.29) is 5.92 Å². The first kappa shape index (κ1) is 13.5. The van der Waals surface area contributed by atoms with E-state index in [4.69, 9.17) is 19.2 Å². The molecule has 1 N–H and O–H groups in total. The molecule has 4 heterocycles. The zero-order valence-electron chi connectivity index (χ0n) is 12.8. The number of hydrogen-bond donors (Lipinski definition) is 1. The third-order valence-corrected chi connectivity index (χ3v) is 4.28. The lowest BCUT2D eigenvalue weighted by Crippen LogP contribution is -2.04. The second kappa shape index (κ2) is 5.31. The minimum atomic E-state index is 0.223. The molecule has 0 amide bonds. The van der Waals surface area contributed by atoms with Crippen LogP contribution in [0, 0.1) is 0 Å². The summed E-state index contributed by atoms with van der Waals surface area (Å²) in [6.07, 6.45) is 4.23. The smallest absolute Gasteiger partial charge is 0.231 e. The van der Waals surface area contributed by atoms with Crippen LogP contribution in [0.4, 0.5) is 0 Å². The van der Waals surface area contributed by atoms with Crippen LogP contribution >= 0.6 is 0 Å². The summed E-state index contributed by atoms with van der Waals surface area (Å²) in [5.74, 6) is 2.36. The van der Waals surface area contributed by atoms with Crippen molar-refractivity contribution in [2.24, 2.45) is 0 Å². The molecule has 0 radical (unpaired) electrons. The number of nitrogens with zero attached hydrogens (tertiary/aromatic N) is 4. The zero-order valence-corrected chi connectivity index (χ0v) is 12.8. The number of nitrogens with one attached hydrogen (secondary N) is 1. The Labute approximate surface area is 137 Å². The molecule has 4 aromatic rings. The van der Waals surface area contributed by atoms with Gasteiger partial charge >= 0.3 is 0 Å². The first-order valence-electron chi connectivity index (χ1n) is 7.91. The lowest BCUT2D eigenvalue weighted by Gasteiger charge is -2.00. The summed E-state index contributed by atoms with van der Waals surface area (Å²) in [4.78, 5) is 12.7. The fraction of sp³-hybridized carbons (Fsp3) is 0.235. The van der Waals surface area contributed by atoms with Crippen molar-refractivity contribution in [1.29, 1.82) is 0 Å². The van der Waals surface area contributed by atoms with E-state index in [1.165, 1.54) is 0 Å². The second-order valence-electron chi connectivity index (χ2n) is 5.86. The Morgan fingerprint density at radius 3 is 2.92 bits per heavy atom. The Balaban J connectivity index is 1.67. The van der Waals surface area contributed by atoms with Gasteiger partial charge in [-0.15, -0.1) is 5.10 Å². The summed E-state index contributed by atoms with van der Waals surface area (Å²) >= 11 is 0. The van der Waals surface area contributed by atoms with Gasteiger partial charge in [0.15, 0.2) is 11.6 Å². The lowest BCUT2D eigenvalue weighted by molar-refractivity contribution is 0.193. The molecule has 1 aliphatic heterocycles. The molecule has 0 unspecified atom stereocenters. The molecule has 0 bridgehead atoms. The van der Waals surface area contributed by atoms with E-state index in [0.29, 0.717) is 18.4 Å². The number of aromatic amines is 1. The van der Waals surface area contributed by atoms with E-state index in [2.05, 4.69) is 9.97 Å². The van der Waals surface area contributed by atoms with Crippen LogP contribution in [0.15, 0.2) is 47.3 Å². The monoisotopic (exact) mass is 321 g/mol. The summed E-state index contributed by atoms with van der Waals surface area (Å²) in [5, 5.41) is 4.70. The normalized spacial score (nSPS) is 17.8. The topological polar surface area (TPSA) is 81.8 Å². The van der Waals surface area contributed by atoms with Crippen molar-refractivity contribution in [3.05, 3.63) is 48.7 Å². The fourth-order valence-corrected chi connectivity index (χ4v) is 3.00. The van der Waals surface area contributed by atoms with Crippen LogP contribution in [0.3, 0.4) is 0 Å². The molecule has 7 nitrogen and oxygen atoms in total. The van der Waals surface area contributed by atoms with Crippen molar-refractivity contribution in [2.75, 3.05) is 13.2 Å². The average Bonchev–Trinajstić information content (AvgIpc) is 3.40. The van der Waals surface area contributed by atoms with Crippen LogP contribution in [0.2, 0.25) is 0 Å². The summed E-state index contributed by atoms with van der Waals surface area (Å²) in [5.41, 5.74) is 2.73. The third kappa shape index (κ3) is 2.13. The van der Waals surface area contributed by atoms with Crippen LogP contribution < -0.4 is 0 Å². The Kier molecular flexibility index (Phi) is 2.99. The highest BCUT2D eigenvalue weighted by Crippen LogP contribution is 2.27. The van der Waals surface area contributed by atoms with Crippen LogP contribution in [0.1, 0.15) is 18.2 Å². The van der Waals surface area contributed by atoms with Crippen LogP contribution in [0.25, 0.3) is 28.4 Å². The number of rotatable bonds is 3. The largest absolute Gasteiger partial charge is 0.472 e. The molecule has 120 valence electrons. The summed E-state index contributed by atoms with van der Waals surface area (Å²) in [6.45, 7) is 1.42. The van der Waals surface area contributed by atoms with Gasteiger partial charge in [0.1, 0.15) is 6.26 Å². The number of benzene rings is 1. The van der Waals surface area contributed by atoms with Gasteiger partial charge < -0.3 is 14.1 Å². The van der Waals surface area contributed by atoms with Gasteiger partial charge in [-0.25, -0.2) is 9.97 Å². The minimum absolute atomic E-state index is 0.223. The number of H-pyrrole nitrogens is 1. The zero-order chi connectivity index (χ0) is 15.9. The molecular formula is C17H15N5O2. The molecule has 1 aliphatic rings. The highest BCUT2D eigenvalue weighted by molar-refractivity contribution is 5.76. The average molecular weight is 321 g/mol. The Morgan fingerprint density at radius 2 is 2.12 bits per heavy atom. The summed E-state index contributed by atoms with van der Waals surface area (Å²) in [6, 6.07) is 9.77. The van der Waals surface area contributed by atoms with Crippen molar-refractivity contribution in [3.8, 4) is 17.3 Å². The number of aromatic nitrogens is 5. The quantitative estimate of drug-likeness (QED) is 0.627. The first-order chi connectivity index (χ1) is 11.9. The number of ether oxygens (including phenoxy) is 1. The van der Waals surface area contributed by atoms with Gasteiger partial charge in [-0.3, -0.25) is 0 Å². The maximum atomic E-state index is 5.47. The molecule has 1 fully saturated rings. The Hall–Kier alpha value is -2.93. The van der Waals surface area contributed by atoms with Crippen molar-refractivity contribution >= 4 is 11.0 Å². The van der Waals surface area contributed by atoms with Crippen molar-refractivity contribution < 1.29 is 9.15 Å². The van der Waals surface area contributed by atoms with Gasteiger partial charge in [-0.05, 0) is 24.6 Å². The number of para-hydroxylation sites is 2. The fourth-order valence-electron chi connectivity index (χ4n) is 3.00. The van der Waals surface area contributed by atoms with Gasteiger partial charge in [0.05, 0.1) is 29.5 Å². The molecule has 24 heavy (non-hydrogen) atoms. The number of imidazole rings is 1. The Morgan fingerprint density at radius 1 is 1.17 bits per heavy atom. The van der Waals surface area contributed by atoms with Crippen molar-refractivity contribution in [1.82, 2.24) is 24.7 Å². The van der Waals surface area contributed by atoms with Gasteiger partial charge in [0, 0.05) is 12.5 Å². The van der Waals surface area contributed by atoms with Gasteiger partial charge in [-0.1, -0.05) is 12.1 Å². The van der Waals surface area contributed by atoms with Crippen molar-refractivity contribution in [3.63, 3.8) is 0 Å². The van der Waals surface area contributed by atoms with E-state index >= 15 is 0 Å². The van der Waals surface area contributed by atoms with Crippen LogP contribution in [-0.2, 0) is 4.74 Å². The summed E-state index contributed by atoms with van der Waals surface area (Å²) < 4.78 is 12.4. The van der Waals surface area contributed by atoms with Crippen molar-refractivity contribution in [2.45, 2.75) is 12.3 Å². The minimum Gasteiger partial charge on any atom is -0.472 e. The van der Waals surface area contributed by atoms with E-state index in [0.717, 1.165) is 35.4 Å². The maximum absolute atomic E-state index is 5.47. The molecule has 0 spiro atoms. The number of furan rings is 1. The molecule has 0 saturated carbocycles. The molecular weight excluding hydrogens is 306 g/mol. The molecule has 1 saturated heterocycles. The number of fused-ring (bicyclic) bond motifs is 1. The van der Waals surface area contributed by atoms with E-state index < -0.39 is 0 Å². The molecule has 5 rings (SSSR count). The van der Waals surface area contributed by atoms with E-state index in [1.54, 1.807) is 17.2 Å². The molecule has 0 aliphatic carbocycles. The first-order valence-corrected chi connectivity index (χ1v) is 7.91.